The maximum absolute atomic E-state index is 13.8. The largest absolute Gasteiger partial charge is 0.308 e. The Labute approximate surface area is 102 Å². The average molecular weight is 235 g/mol. The summed E-state index contributed by atoms with van der Waals surface area (Å²) in [5.41, 5.74) is 0.689. The molecule has 0 bridgehead atoms. The van der Waals surface area contributed by atoms with Crippen molar-refractivity contribution in [2.75, 3.05) is 34.2 Å². The SMILES string of the molecule is CN(C)CCN(C)Cc1cccc(C#N)c1F. The molecule has 0 spiro atoms. The molecule has 0 aromatic heterocycles. The maximum Gasteiger partial charge on any atom is 0.145 e. The number of rotatable bonds is 5. The Hall–Kier alpha value is -1.44. The standard InChI is InChI=1S/C13H18FN3/c1-16(2)7-8-17(3)10-12-6-4-5-11(9-15)13(12)14/h4-6H,7-8,10H2,1-3H3. The van der Waals surface area contributed by atoms with E-state index in [9.17, 15) is 4.39 Å². The van der Waals surface area contributed by atoms with Crippen LogP contribution in [0, 0.1) is 17.1 Å². The van der Waals surface area contributed by atoms with Gasteiger partial charge in [-0.3, -0.25) is 0 Å². The van der Waals surface area contributed by atoms with E-state index < -0.39 is 5.82 Å². The fourth-order valence-electron chi connectivity index (χ4n) is 1.53. The molecule has 1 rings (SSSR count). The third-order valence-electron chi connectivity index (χ3n) is 2.57. The van der Waals surface area contributed by atoms with Crippen molar-refractivity contribution in [2.24, 2.45) is 0 Å². The monoisotopic (exact) mass is 235 g/mol. The quantitative estimate of drug-likeness (QED) is 0.778. The zero-order chi connectivity index (χ0) is 12.8. The van der Waals surface area contributed by atoms with Crippen LogP contribution in [0.25, 0.3) is 0 Å². The van der Waals surface area contributed by atoms with Gasteiger partial charge < -0.3 is 9.80 Å². The Balaban J connectivity index is 2.66. The van der Waals surface area contributed by atoms with E-state index in [0.29, 0.717) is 12.1 Å². The Morgan fingerprint density at radius 1 is 1.24 bits per heavy atom. The number of benzene rings is 1. The minimum absolute atomic E-state index is 0.114. The summed E-state index contributed by atoms with van der Waals surface area (Å²) in [7, 11) is 5.96. The molecule has 0 saturated carbocycles. The molecule has 1 aromatic rings. The zero-order valence-electron chi connectivity index (χ0n) is 10.6. The van der Waals surface area contributed by atoms with Crippen LogP contribution in [-0.4, -0.2) is 44.0 Å². The highest BCUT2D eigenvalue weighted by molar-refractivity contribution is 5.34. The van der Waals surface area contributed by atoms with Crippen molar-refractivity contribution in [1.82, 2.24) is 9.80 Å². The van der Waals surface area contributed by atoms with Gasteiger partial charge in [-0.25, -0.2) is 4.39 Å². The van der Waals surface area contributed by atoms with Crippen molar-refractivity contribution >= 4 is 0 Å². The second-order valence-electron chi connectivity index (χ2n) is 4.43. The Kier molecular flexibility index (Phi) is 5.08. The second kappa shape index (κ2) is 6.33. The van der Waals surface area contributed by atoms with Crippen LogP contribution in [0.15, 0.2) is 18.2 Å². The van der Waals surface area contributed by atoms with Crippen LogP contribution in [0.5, 0.6) is 0 Å². The Morgan fingerprint density at radius 3 is 2.53 bits per heavy atom. The van der Waals surface area contributed by atoms with Gasteiger partial charge in [0.05, 0.1) is 5.56 Å². The first-order chi connectivity index (χ1) is 8.04. The van der Waals surface area contributed by atoms with E-state index in [0.717, 1.165) is 13.1 Å². The summed E-state index contributed by atoms with van der Waals surface area (Å²) in [5.74, 6) is -0.397. The van der Waals surface area contributed by atoms with Gasteiger partial charge in [0.1, 0.15) is 11.9 Å². The average Bonchev–Trinajstić information content (AvgIpc) is 2.29. The minimum atomic E-state index is -0.397. The lowest BCUT2D eigenvalue weighted by Gasteiger charge is -2.19. The van der Waals surface area contributed by atoms with Crippen LogP contribution in [-0.2, 0) is 6.54 Å². The predicted molar refractivity (Wildman–Crippen MR) is 66.0 cm³/mol. The smallest absolute Gasteiger partial charge is 0.145 e. The molecule has 17 heavy (non-hydrogen) atoms. The molecule has 4 heteroatoms. The third-order valence-corrected chi connectivity index (χ3v) is 2.57. The first-order valence-corrected chi connectivity index (χ1v) is 5.55. The van der Waals surface area contributed by atoms with Gasteiger partial charge in [-0.1, -0.05) is 12.1 Å². The Bertz CT molecular complexity index is 410. The van der Waals surface area contributed by atoms with Crippen molar-refractivity contribution < 1.29 is 4.39 Å². The van der Waals surface area contributed by atoms with Crippen molar-refractivity contribution in [3.8, 4) is 6.07 Å². The van der Waals surface area contributed by atoms with Crippen molar-refractivity contribution in [3.63, 3.8) is 0 Å². The highest BCUT2D eigenvalue weighted by Gasteiger charge is 2.09. The van der Waals surface area contributed by atoms with Gasteiger partial charge in [0.25, 0.3) is 0 Å². The van der Waals surface area contributed by atoms with E-state index in [4.69, 9.17) is 5.26 Å². The molecule has 0 N–H and O–H groups in total. The number of halogens is 1. The molecule has 0 radical (unpaired) electrons. The van der Waals surface area contributed by atoms with E-state index in [1.807, 2.05) is 32.1 Å². The molecule has 0 atom stereocenters. The highest BCUT2D eigenvalue weighted by atomic mass is 19.1. The summed E-state index contributed by atoms with van der Waals surface area (Å²) in [6.45, 7) is 2.31. The lowest BCUT2D eigenvalue weighted by Crippen LogP contribution is -2.28. The fourth-order valence-corrected chi connectivity index (χ4v) is 1.53. The lowest BCUT2D eigenvalue weighted by atomic mass is 10.1. The van der Waals surface area contributed by atoms with Gasteiger partial charge in [0.2, 0.25) is 0 Å². The number of hydrogen-bond acceptors (Lipinski definition) is 3. The van der Waals surface area contributed by atoms with E-state index in [1.165, 1.54) is 6.07 Å². The van der Waals surface area contributed by atoms with Gasteiger partial charge in [-0.15, -0.1) is 0 Å². The van der Waals surface area contributed by atoms with Crippen LogP contribution in [0.2, 0.25) is 0 Å². The molecular weight excluding hydrogens is 217 g/mol. The number of nitrogens with zero attached hydrogens (tertiary/aromatic N) is 3. The first kappa shape index (κ1) is 13.6. The number of hydrogen-bond donors (Lipinski definition) is 0. The molecule has 0 heterocycles. The molecule has 3 nitrogen and oxygen atoms in total. The van der Waals surface area contributed by atoms with Crippen molar-refractivity contribution in [3.05, 3.63) is 35.1 Å². The first-order valence-electron chi connectivity index (χ1n) is 5.55. The van der Waals surface area contributed by atoms with Crippen molar-refractivity contribution in [2.45, 2.75) is 6.54 Å². The van der Waals surface area contributed by atoms with Crippen LogP contribution < -0.4 is 0 Å². The fraction of sp³-hybridized carbons (Fsp3) is 0.462. The molecule has 0 aliphatic rings. The summed E-state index contributed by atoms with van der Waals surface area (Å²) in [6, 6.07) is 6.80. The molecule has 0 saturated heterocycles. The highest BCUT2D eigenvalue weighted by Crippen LogP contribution is 2.13. The normalized spacial score (nSPS) is 10.9. The zero-order valence-corrected chi connectivity index (χ0v) is 10.6. The molecule has 1 aromatic carbocycles. The maximum atomic E-state index is 13.8. The van der Waals surface area contributed by atoms with Gasteiger partial charge in [0.15, 0.2) is 0 Å². The van der Waals surface area contributed by atoms with E-state index >= 15 is 0 Å². The summed E-state index contributed by atoms with van der Waals surface area (Å²) in [4.78, 5) is 4.12. The van der Waals surface area contributed by atoms with Crippen molar-refractivity contribution in [1.29, 1.82) is 5.26 Å². The molecule has 92 valence electrons. The third kappa shape index (κ3) is 4.14. The summed E-state index contributed by atoms with van der Waals surface area (Å²) in [5, 5.41) is 8.74. The summed E-state index contributed by atoms with van der Waals surface area (Å²) in [6.07, 6.45) is 0. The van der Waals surface area contributed by atoms with Gasteiger partial charge in [-0.05, 0) is 27.2 Å². The number of nitriles is 1. The molecule has 0 amide bonds. The van der Waals surface area contributed by atoms with E-state index in [-0.39, 0.29) is 5.56 Å². The van der Waals surface area contributed by atoms with Crippen LogP contribution >= 0.6 is 0 Å². The van der Waals surface area contributed by atoms with E-state index in [2.05, 4.69) is 4.90 Å². The minimum Gasteiger partial charge on any atom is -0.308 e. The summed E-state index contributed by atoms with van der Waals surface area (Å²) >= 11 is 0. The topological polar surface area (TPSA) is 30.3 Å². The van der Waals surface area contributed by atoms with E-state index in [1.54, 1.807) is 12.1 Å². The number of likely N-dealkylation sites (N-methyl/N-ethyl adjacent to an activating group) is 2. The molecule has 0 aliphatic heterocycles. The second-order valence-corrected chi connectivity index (χ2v) is 4.43. The van der Waals surface area contributed by atoms with Gasteiger partial charge >= 0.3 is 0 Å². The van der Waals surface area contributed by atoms with Gasteiger partial charge in [0, 0.05) is 25.2 Å². The molecule has 0 unspecified atom stereocenters. The van der Waals surface area contributed by atoms with Crippen LogP contribution in [0.1, 0.15) is 11.1 Å². The molecular formula is C13H18FN3. The predicted octanol–water partition coefficient (Wildman–Crippen LogP) is 1.69. The van der Waals surface area contributed by atoms with Crippen LogP contribution in [0.3, 0.4) is 0 Å². The van der Waals surface area contributed by atoms with Gasteiger partial charge in [-0.2, -0.15) is 5.26 Å². The lowest BCUT2D eigenvalue weighted by molar-refractivity contribution is 0.273. The Morgan fingerprint density at radius 2 is 1.94 bits per heavy atom. The summed E-state index contributed by atoms with van der Waals surface area (Å²) < 4.78 is 13.8. The molecule has 0 aliphatic carbocycles. The van der Waals surface area contributed by atoms with Crippen LogP contribution in [0.4, 0.5) is 4.39 Å². The molecule has 0 fully saturated rings.